The monoisotopic (exact) mass is 622 g/mol. The van der Waals surface area contributed by atoms with Gasteiger partial charge in [0.1, 0.15) is 49.4 Å². The maximum atomic E-state index is 11.6. The molecule has 0 spiro atoms. The molecule has 0 unspecified atom stereocenters. The van der Waals surface area contributed by atoms with Crippen LogP contribution in [0.25, 0.3) is 0 Å². The van der Waals surface area contributed by atoms with E-state index in [1.807, 2.05) is 18.2 Å². The van der Waals surface area contributed by atoms with Crippen LogP contribution < -0.4 is 29.2 Å². The molecule has 14 heteroatoms. The number of carbonyl (C=O) groups excluding carboxylic acids is 2. The summed E-state index contributed by atoms with van der Waals surface area (Å²) >= 11 is 0. The highest BCUT2D eigenvalue weighted by Gasteiger charge is 2.14. The van der Waals surface area contributed by atoms with Gasteiger partial charge in [-0.2, -0.15) is 0 Å². The van der Waals surface area contributed by atoms with E-state index in [2.05, 4.69) is 0 Å². The van der Waals surface area contributed by atoms with Crippen LogP contribution in [0.4, 0.5) is 0 Å². The molecule has 0 saturated heterocycles. The van der Waals surface area contributed by atoms with Crippen LogP contribution in [0.5, 0.6) is 23.0 Å². The zero-order valence-electron chi connectivity index (χ0n) is 24.5. The van der Waals surface area contributed by atoms with E-state index in [-0.39, 0.29) is 51.1 Å². The molecule has 2 aromatic rings. The lowest BCUT2D eigenvalue weighted by Crippen LogP contribution is -2.27. The smallest absolute Gasteiger partial charge is 0.132 e. The Labute approximate surface area is 255 Å². The number of ether oxygens (including phenoxy) is 10. The van der Waals surface area contributed by atoms with Crippen molar-refractivity contribution in [2.75, 3.05) is 106 Å². The standard InChI is InChI=1S/C30H40O14/c31-29(32)25-21-26(30(33)34)28-22-27(25)43-18-14-39-10-6-35-4-8-37-12-16-41-23-2-1-3-24(20-23)42-17-13-38-9-5-36-7-11-40-15-19-44-28/h1-3,20-22H,4-19H2,(H,31,32)(H,33,34)/p-2. The number of hydrogen-bond acceptors (Lipinski definition) is 14. The summed E-state index contributed by atoms with van der Waals surface area (Å²) in [5.74, 6) is -2.15. The Kier molecular flexibility index (Phi) is 16.7. The minimum absolute atomic E-state index is 0.0172. The van der Waals surface area contributed by atoms with Crippen molar-refractivity contribution in [3.05, 3.63) is 47.5 Å². The molecule has 2 aromatic carbocycles. The van der Waals surface area contributed by atoms with E-state index >= 15 is 0 Å². The highest BCUT2D eigenvalue weighted by atomic mass is 16.6. The summed E-state index contributed by atoms with van der Waals surface area (Å²) in [6, 6.07) is 9.36. The first-order valence-corrected chi connectivity index (χ1v) is 14.2. The fraction of sp³-hybridized carbons (Fsp3) is 0.533. The second-order valence-electron chi connectivity index (χ2n) is 8.96. The molecule has 0 atom stereocenters. The first kappa shape index (κ1) is 34.8. The molecule has 1 aliphatic heterocycles. The molecular formula is C30H38O14-2. The Morgan fingerprint density at radius 1 is 0.432 bits per heavy atom. The number of hydrogen-bond donors (Lipinski definition) is 0. The van der Waals surface area contributed by atoms with Gasteiger partial charge in [0.15, 0.2) is 0 Å². The Morgan fingerprint density at radius 3 is 1.09 bits per heavy atom. The molecule has 0 fully saturated rings. The zero-order valence-corrected chi connectivity index (χ0v) is 24.5. The van der Waals surface area contributed by atoms with Gasteiger partial charge in [-0.1, -0.05) is 6.07 Å². The average Bonchev–Trinajstić information content (AvgIpc) is 3.01. The Balaban J connectivity index is 1.48. The van der Waals surface area contributed by atoms with E-state index in [0.29, 0.717) is 77.6 Å². The van der Waals surface area contributed by atoms with Crippen LogP contribution in [0.3, 0.4) is 0 Å². The molecule has 0 aromatic heterocycles. The summed E-state index contributed by atoms with van der Waals surface area (Å²) in [7, 11) is 0. The Hall–Kier alpha value is -3.66. The van der Waals surface area contributed by atoms with Gasteiger partial charge in [-0.3, -0.25) is 0 Å². The van der Waals surface area contributed by atoms with Gasteiger partial charge in [-0.25, -0.2) is 0 Å². The topological polar surface area (TPSA) is 173 Å². The van der Waals surface area contributed by atoms with Gasteiger partial charge in [-0.05, 0) is 18.2 Å². The van der Waals surface area contributed by atoms with E-state index in [9.17, 15) is 19.8 Å². The maximum absolute atomic E-state index is 11.6. The van der Waals surface area contributed by atoms with Crippen molar-refractivity contribution in [3.8, 4) is 23.0 Å². The lowest BCUT2D eigenvalue weighted by Gasteiger charge is -2.18. The van der Waals surface area contributed by atoms with Crippen LogP contribution in [0.15, 0.2) is 36.4 Å². The average molecular weight is 623 g/mol. The number of aromatic carboxylic acids is 2. The molecule has 1 heterocycles. The third-order valence-electron chi connectivity index (χ3n) is 5.78. The quantitative estimate of drug-likeness (QED) is 0.429. The van der Waals surface area contributed by atoms with Crippen LogP contribution in [-0.2, 0) is 28.4 Å². The summed E-state index contributed by atoms with van der Waals surface area (Å²) in [4.78, 5) is 23.2. The third-order valence-corrected chi connectivity index (χ3v) is 5.78. The second-order valence-corrected chi connectivity index (χ2v) is 8.96. The van der Waals surface area contributed by atoms with Crippen LogP contribution in [0.1, 0.15) is 20.7 Å². The number of carboxylic acids is 2. The van der Waals surface area contributed by atoms with Crippen LogP contribution >= 0.6 is 0 Å². The molecular weight excluding hydrogens is 584 g/mol. The first-order chi connectivity index (χ1) is 21.5. The number of rotatable bonds is 2. The molecule has 14 nitrogen and oxygen atoms in total. The van der Waals surface area contributed by atoms with Crippen molar-refractivity contribution < 1.29 is 67.2 Å². The molecule has 1 aliphatic rings. The third kappa shape index (κ3) is 13.8. The largest absolute Gasteiger partial charge is 0.545 e. The molecule has 4 bridgehead atoms. The zero-order chi connectivity index (χ0) is 31.2. The molecule has 44 heavy (non-hydrogen) atoms. The minimum atomic E-state index is -1.61. The second kappa shape index (κ2) is 21.1. The van der Waals surface area contributed by atoms with Crippen molar-refractivity contribution >= 4 is 11.9 Å². The molecule has 244 valence electrons. The van der Waals surface area contributed by atoms with Gasteiger partial charge < -0.3 is 67.2 Å². The van der Waals surface area contributed by atoms with Gasteiger partial charge in [0.25, 0.3) is 0 Å². The normalized spacial score (nSPS) is 18.0. The summed E-state index contributed by atoms with van der Waals surface area (Å²) in [6.45, 7) is 4.37. The lowest BCUT2D eigenvalue weighted by molar-refractivity contribution is -0.255. The summed E-state index contributed by atoms with van der Waals surface area (Å²) < 4.78 is 55.3. The SMILES string of the molecule is O=C([O-])c1cc(C(=O)[O-])c2cc1OCCOCCOCCOCCOc1cccc(c1)OCCOCCOCCOCCO2. The van der Waals surface area contributed by atoms with E-state index in [1.54, 1.807) is 6.07 Å². The molecule has 0 amide bonds. The summed E-state index contributed by atoms with van der Waals surface area (Å²) in [6.07, 6.45) is 0. The van der Waals surface area contributed by atoms with Crippen LogP contribution in [0, 0.1) is 0 Å². The summed E-state index contributed by atoms with van der Waals surface area (Å²) in [5.41, 5.74) is -0.915. The maximum Gasteiger partial charge on any atom is 0.132 e. The van der Waals surface area contributed by atoms with Crippen LogP contribution in [0.2, 0.25) is 0 Å². The number of fused-ring (bicyclic) bond motifs is 4. The fourth-order valence-electron chi connectivity index (χ4n) is 3.71. The minimum Gasteiger partial charge on any atom is -0.545 e. The lowest BCUT2D eigenvalue weighted by atomic mass is 10.1. The van der Waals surface area contributed by atoms with Crippen molar-refractivity contribution in [2.45, 2.75) is 0 Å². The summed E-state index contributed by atoms with van der Waals surface area (Å²) in [5, 5.41) is 23.2. The van der Waals surface area contributed by atoms with Gasteiger partial charge in [0.05, 0.1) is 91.2 Å². The van der Waals surface area contributed by atoms with Gasteiger partial charge in [0, 0.05) is 23.3 Å². The highest BCUT2D eigenvalue weighted by Crippen LogP contribution is 2.29. The molecule has 0 radical (unpaired) electrons. The molecule has 3 rings (SSSR count). The van der Waals surface area contributed by atoms with E-state index in [4.69, 9.17) is 47.4 Å². The Bertz CT molecular complexity index is 1050. The predicted molar refractivity (Wildman–Crippen MR) is 148 cm³/mol. The number of benzene rings is 2. The van der Waals surface area contributed by atoms with Crippen molar-refractivity contribution in [3.63, 3.8) is 0 Å². The van der Waals surface area contributed by atoms with E-state index < -0.39 is 23.1 Å². The molecule has 0 saturated carbocycles. The van der Waals surface area contributed by atoms with E-state index in [0.717, 1.165) is 12.1 Å². The van der Waals surface area contributed by atoms with Crippen molar-refractivity contribution in [2.24, 2.45) is 0 Å². The Morgan fingerprint density at radius 2 is 0.750 bits per heavy atom. The first-order valence-electron chi connectivity index (χ1n) is 14.2. The number of carboxylic acid groups (broad SMARTS) is 2. The van der Waals surface area contributed by atoms with Crippen molar-refractivity contribution in [1.82, 2.24) is 0 Å². The predicted octanol–water partition coefficient (Wildman–Crippen LogP) is -0.258. The molecule has 0 N–H and O–H groups in total. The van der Waals surface area contributed by atoms with Gasteiger partial charge in [-0.15, -0.1) is 0 Å². The molecule has 0 aliphatic carbocycles. The highest BCUT2D eigenvalue weighted by molar-refractivity contribution is 5.96. The van der Waals surface area contributed by atoms with Gasteiger partial charge in [0.2, 0.25) is 0 Å². The fourth-order valence-corrected chi connectivity index (χ4v) is 3.71. The van der Waals surface area contributed by atoms with Crippen LogP contribution in [-0.4, -0.2) is 118 Å². The van der Waals surface area contributed by atoms with Crippen molar-refractivity contribution in [1.29, 1.82) is 0 Å². The van der Waals surface area contributed by atoms with E-state index in [1.165, 1.54) is 0 Å². The van der Waals surface area contributed by atoms with Gasteiger partial charge >= 0.3 is 0 Å². The number of carbonyl (C=O) groups is 2.